The van der Waals surface area contributed by atoms with Gasteiger partial charge in [0.15, 0.2) is 17.8 Å². The van der Waals surface area contributed by atoms with Crippen molar-refractivity contribution in [3.05, 3.63) is 53.5 Å². The molecule has 0 spiro atoms. The molecule has 0 radical (unpaired) electrons. The summed E-state index contributed by atoms with van der Waals surface area (Å²) in [5, 5.41) is -0.207. The van der Waals surface area contributed by atoms with E-state index in [9.17, 15) is 9.59 Å². The summed E-state index contributed by atoms with van der Waals surface area (Å²) in [5.74, 6) is 0.357. The average Bonchev–Trinajstić information content (AvgIpc) is 2.81. The van der Waals surface area contributed by atoms with E-state index in [-0.39, 0.29) is 16.6 Å². The number of rotatable bonds is 3. The molecular formula is C13H10O3S. The van der Waals surface area contributed by atoms with Gasteiger partial charge < -0.3 is 4.42 Å². The highest BCUT2D eigenvalue weighted by atomic mass is 32.2. The molecule has 2 aromatic rings. The van der Waals surface area contributed by atoms with Crippen LogP contribution in [0.4, 0.5) is 0 Å². The zero-order chi connectivity index (χ0) is 12.3. The molecule has 86 valence electrons. The van der Waals surface area contributed by atoms with Crippen LogP contribution >= 0.6 is 11.8 Å². The maximum atomic E-state index is 11.8. The van der Waals surface area contributed by atoms with Gasteiger partial charge in [0.25, 0.3) is 5.12 Å². The summed E-state index contributed by atoms with van der Waals surface area (Å²) in [7, 11) is 0. The molecule has 0 N–H and O–H groups in total. The van der Waals surface area contributed by atoms with Crippen LogP contribution in [0.5, 0.6) is 0 Å². The lowest BCUT2D eigenvalue weighted by Crippen LogP contribution is -1.90. The zero-order valence-electron chi connectivity index (χ0n) is 9.17. The van der Waals surface area contributed by atoms with Gasteiger partial charge in [-0.25, -0.2) is 0 Å². The number of hydrogen-bond donors (Lipinski definition) is 0. The van der Waals surface area contributed by atoms with Crippen LogP contribution in [0.2, 0.25) is 0 Å². The number of benzene rings is 1. The fourth-order valence-corrected chi connectivity index (χ4v) is 1.99. The largest absolute Gasteiger partial charge is 0.449 e. The van der Waals surface area contributed by atoms with E-state index < -0.39 is 0 Å². The average molecular weight is 246 g/mol. The lowest BCUT2D eigenvalue weighted by molar-refractivity contribution is 0.105. The summed E-state index contributed by atoms with van der Waals surface area (Å²) < 4.78 is 5.05. The Balaban J connectivity index is 2.11. The highest BCUT2D eigenvalue weighted by Gasteiger charge is 2.12. The Labute approximate surface area is 103 Å². The van der Waals surface area contributed by atoms with Crippen molar-refractivity contribution in [2.24, 2.45) is 0 Å². The van der Waals surface area contributed by atoms with Crippen molar-refractivity contribution in [2.75, 3.05) is 0 Å². The van der Waals surface area contributed by atoms with Crippen LogP contribution in [0.1, 0.15) is 26.7 Å². The Kier molecular flexibility index (Phi) is 3.44. The van der Waals surface area contributed by atoms with E-state index >= 15 is 0 Å². The van der Waals surface area contributed by atoms with Gasteiger partial charge in [-0.2, -0.15) is 0 Å². The number of carbonyl (C=O) groups excluding carboxylic acids is 2. The molecule has 1 aromatic carbocycles. The fraction of sp³-hybridized carbons (Fsp3) is 0.0769. The summed E-state index contributed by atoms with van der Waals surface area (Å²) in [5.41, 5.74) is 1.14. The molecule has 0 atom stereocenters. The topological polar surface area (TPSA) is 47.3 Å². The van der Waals surface area contributed by atoms with Crippen LogP contribution in [0.3, 0.4) is 0 Å². The van der Waals surface area contributed by atoms with E-state index in [0.29, 0.717) is 6.29 Å². The second-order valence-corrected chi connectivity index (χ2v) is 4.57. The maximum absolute atomic E-state index is 11.8. The van der Waals surface area contributed by atoms with Crippen molar-refractivity contribution >= 4 is 23.2 Å². The molecule has 4 heteroatoms. The van der Waals surface area contributed by atoms with Crippen molar-refractivity contribution < 1.29 is 14.0 Å². The van der Waals surface area contributed by atoms with Gasteiger partial charge in [-0.05, 0) is 43.0 Å². The summed E-state index contributed by atoms with van der Waals surface area (Å²) >= 11 is 1.08. The Bertz CT molecular complexity index is 540. The van der Waals surface area contributed by atoms with Crippen molar-refractivity contribution in [3.63, 3.8) is 0 Å². The van der Waals surface area contributed by atoms with Crippen LogP contribution in [0, 0.1) is 6.92 Å². The van der Waals surface area contributed by atoms with Crippen LogP contribution in [0.25, 0.3) is 0 Å². The molecule has 0 fully saturated rings. The molecule has 0 aliphatic carbocycles. The van der Waals surface area contributed by atoms with Gasteiger partial charge in [0, 0.05) is 4.90 Å². The van der Waals surface area contributed by atoms with E-state index in [1.54, 1.807) is 0 Å². The van der Waals surface area contributed by atoms with Gasteiger partial charge in [0.1, 0.15) is 0 Å². The summed E-state index contributed by atoms with van der Waals surface area (Å²) in [6, 6.07) is 10.6. The minimum atomic E-state index is -0.207. The highest BCUT2D eigenvalue weighted by Crippen LogP contribution is 2.23. The summed E-state index contributed by atoms with van der Waals surface area (Å²) in [6.07, 6.45) is 0.577. The fourth-order valence-electron chi connectivity index (χ4n) is 1.29. The molecule has 1 heterocycles. The van der Waals surface area contributed by atoms with Crippen molar-refractivity contribution in [3.8, 4) is 0 Å². The normalized spacial score (nSPS) is 10.2. The second-order valence-electron chi connectivity index (χ2n) is 3.52. The molecule has 17 heavy (non-hydrogen) atoms. The van der Waals surface area contributed by atoms with Crippen LogP contribution < -0.4 is 0 Å². The Morgan fingerprint density at radius 2 is 1.88 bits per heavy atom. The van der Waals surface area contributed by atoms with Gasteiger partial charge in [-0.3, -0.25) is 9.59 Å². The van der Waals surface area contributed by atoms with Gasteiger partial charge in [-0.15, -0.1) is 0 Å². The zero-order valence-corrected chi connectivity index (χ0v) is 9.99. The molecule has 1 aromatic heterocycles. The third-order valence-corrected chi connectivity index (χ3v) is 3.07. The SMILES string of the molecule is Cc1ccc(SC(=O)c2ccc(C=O)o2)cc1. The number of thioether (sulfide) groups is 1. The number of furan rings is 1. The van der Waals surface area contributed by atoms with Gasteiger partial charge in [-0.1, -0.05) is 17.7 Å². The van der Waals surface area contributed by atoms with Gasteiger partial charge >= 0.3 is 0 Å². The van der Waals surface area contributed by atoms with Crippen molar-refractivity contribution in [2.45, 2.75) is 11.8 Å². The molecule has 0 aliphatic rings. The minimum absolute atomic E-state index is 0.165. The standard InChI is InChI=1S/C13H10O3S/c1-9-2-5-11(6-3-9)17-13(15)12-7-4-10(8-14)16-12/h2-8H,1H3. The molecule has 0 unspecified atom stereocenters. The van der Waals surface area contributed by atoms with Gasteiger partial charge in [0.2, 0.25) is 0 Å². The first-order valence-electron chi connectivity index (χ1n) is 5.03. The summed E-state index contributed by atoms with van der Waals surface area (Å²) in [6.45, 7) is 1.99. The van der Waals surface area contributed by atoms with E-state index in [2.05, 4.69) is 0 Å². The quantitative estimate of drug-likeness (QED) is 0.615. The van der Waals surface area contributed by atoms with Crippen LogP contribution in [-0.4, -0.2) is 11.4 Å². The molecule has 3 nitrogen and oxygen atoms in total. The third kappa shape index (κ3) is 2.85. The Morgan fingerprint density at radius 3 is 2.47 bits per heavy atom. The third-order valence-electron chi connectivity index (χ3n) is 2.18. The predicted molar refractivity (Wildman–Crippen MR) is 65.5 cm³/mol. The monoisotopic (exact) mass is 246 g/mol. The minimum Gasteiger partial charge on any atom is -0.449 e. The first-order valence-corrected chi connectivity index (χ1v) is 5.84. The van der Waals surface area contributed by atoms with Crippen molar-refractivity contribution in [1.29, 1.82) is 0 Å². The maximum Gasteiger partial charge on any atom is 0.259 e. The highest BCUT2D eigenvalue weighted by molar-refractivity contribution is 8.14. The smallest absolute Gasteiger partial charge is 0.259 e. The van der Waals surface area contributed by atoms with E-state index in [1.165, 1.54) is 12.1 Å². The first kappa shape index (κ1) is 11.7. The molecule has 0 amide bonds. The predicted octanol–water partition coefficient (Wildman–Crippen LogP) is 3.33. The molecule has 0 bridgehead atoms. The number of aldehydes is 1. The molecule has 0 aliphatic heterocycles. The Hall–Kier alpha value is -1.81. The van der Waals surface area contributed by atoms with Gasteiger partial charge in [0.05, 0.1) is 0 Å². The van der Waals surface area contributed by atoms with Crippen LogP contribution in [-0.2, 0) is 0 Å². The molecule has 2 rings (SSSR count). The summed E-state index contributed by atoms with van der Waals surface area (Å²) in [4.78, 5) is 23.1. The molecular weight excluding hydrogens is 236 g/mol. The van der Waals surface area contributed by atoms with E-state index in [4.69, 9.17) is 4.42 Å². The molecule has 0 saturated carbocycles. The van der Waals surface area contributed by atoms with E-state index in [0.717, 1.165) is 22.2 Å². The second kappa shape index (κ2) is 5.01. The molecule has 0 saturated heterocycles. The lowest BCUT2D eigenvalue weighted by Gasteiger charge is -1.98. The first-order chi connectivity index (χ1) is 8.19. The van der Waals surface area contributed by atoms with Crippen LogP contribution in [0.15, 0.2) is 45.7 Å². The van der Waals surface area contributed by atoms with E-state index in [1.807, 2.05) is 31.2 Å². The number of carbonyl (C=O) groups is 2. The Morgan fingerprint density at radius 1 is 1.18 bits per heavy atom. The number of aryl methyl sites for hydroxylation is 1. The lowest BCUT2D eigenvalue weighted by atomic mass is 10.2. The van der Waals surface area contributed by atoms with Crippen molar-refractivity contribution in [1.82, 2.24) is 0 Å². The number of hydrogen-bond acceptors (Lipinski definition) is 4.